The zero-order chi connectivity index (χ0) is 10.7. The fourth-order valence-electron chi connectivity index (χ4n) is 1.78. The van der Waals surface area contributed by atoms with Crippen molar-refractivity contribution in [1.82, 2.24) is 10.6 Å². The van der Waals surface area contributed by atoms with Gasteiger partial charge in [0, 0.05) is 25.7 Å². The summed E-state index contributed by atoms with van der Waals surface area (Å²) in [5, 5.41) is 25.2. The van der Waals surface area contributed by atoms with E-state index in [1.54, 1.807) is 4.79 Å². The lowest BCUT2D eigenvalue weighted by Gasteiger charge is -2.36. The van der Waals surface area contributed by atoms with E-state index in [1.165, 1.54) is 6.20 Å². The van der Waals surface area contributed by atoms with Crippen molar-refractivity contribution < 1.29 is 14.4 Å². The molecule has 7 nitrogen and oxygen atoms in total. The summed E-state index contributed by atoms with van der Waals surface area (Å²) in [4.78, 5) is 1.55. The maximum absolute atomic E-state index is 8.94. The quantitative estimate of drug-likeness (QED) is 0.475. The van der Waals surface area contributed by atoms with Crippen molar-refractivity contribution in [2.24, 2.45) is 0 Å². The summed E-state index contributed by atoms with van der Waals surface area (Å²) in [5.41, 5.74) is 0.0382. The van der Waals surface area contributed by atoms with Gasteiger partial charge in [-0.15, -0.1) is 0 Å². The third-order valence-electron chi connectivity index (χ3n) is 2.50. The Hall–Kier alpha value is -1.34. The van der Waals surface area contributed by atoms with Crippen LogP contribution in [0.5, 0.6) is 0 Å². The molecule has 0 aromatic carbocycles. The van der Waals surface area contributed by atoms with E-state index < -0.39 is 0 Å². The Morgan fingerprint density at radius 3 is 3.33 bits per heavy atom. The minimum absolute atomic E-state index is 0.0382. The number of hydrogen-bond acceptors (Lipinski definition) is 5. The Morgan fingerprint density at radius 2 is 2.67 bits per heavy atom. The zero-order valence-electron chi connectivity index (χ0n) is 8.39. The monoisotopic (exact) mass is 213 g/mol. The van der Waals surface area contributed by atoms with Crippen molar-refractivity contribution >= 4 is 0 Å². The van der Waals surface area contributed by atoms with Crippen molar-refractivity contribution in [3.8, 4) is 0 Å². The van der Waals surface area contributed by atoms with Gasteiger partial charge in [-0.05, 0) is 18.2 Å². The molecular weight excluding hydrogens is 198 g/mol. The molecule has 1 aliphatic heterocycles. The van der Waals surface area contributed by atoms with Crippen molar-refractivity contribution in [2.75, 3.05) is 31.3 Å². The van der Waals surface area contributed by atoms with Crippen molar-refractivity contribution in [3.05, 3.63) is 11.8 Å². The van der Waals surface area contributed by atoms with Gasteiger partial charge < -0.3 is 14.9 Å². The van der Waals surface area contributed by atoms with E-state index in [4.69, 9.17) is 15.0 Å². The minimum Gasteiger partial charge on any atom is -0.396 e. The summed E-state index contributed by atoms with van der Waals surface area (Å²) in [5.74, 6) is 0. The van der Waals surface area contributed by atoms with Gasteiger partial charge in [0.15, 0.2) is 0 Å². The maximum atomic E-state index is 8.94. The first-order chi connectivity index (χ1) is 7.31. The van der Waals surface area contributed by atoms with E-state index in [0.717, 1.165) is 19.6 Å². The van der Waals surface area contributed by atoms with E-state index in [-0.39, 0.29) is 18.2 Å². The van der Waals surface area contributed by atoms with Crippen LogP contribution in [0.2, 0.25) is 0 Å². The van der Waals surface area contributed by atoms with Gasteiger partial charge in [0.2, 0.25) is 0 Å². The smallest absolute Gasteiger partial charge is 0.286 e. The second kappa shape index (κ2) is 4.45. The Morgan fingerprint density at radius 1 is 1.80 bits per heavy atom. The Balaban J connectivity index is 2.13. The highest BCUT2D eigenvalue weighted by Gasteiger charge is 2.22. The molecule has 1 aliphatic rings. The molecule has 0 aliphatic carbocycles. The van der Waals surface area contributed by atoms with E-state index >= 15 is 0 Å². The van der Waals surface area contributed by atoms with Crippen LogP contribution in [-0.4, -0.2) is 37.4 Å². The molecule has 2 rings (SSSR count). The Bertz CT molecular complexity index is 358. The standard InChI is InChI=1S/C8H15N5O2/c9-8-6-13(11-15-8)12-3-2-10-5-7(12)1-4-14/h6-7,9-10,14H,1-5H2. The van der Waals surface area contributed by atoms with Crippen molar-refractivity contribution in [1.29, 1.82) is 5.41 Å². The first-order valence-corrected chi connectivity index (χ1v) is 5.00. The number of aliphatic hydroxyl groups excluding tert-OH is 1. The molecule has 1 aromatic rings. The van der Waals surface area contributed by atoms with Crippen LogP contribution in [0.15, 0.2) is 10.7 Å². The number of hydrogen-bond donors (Lipinski definition) is 3. The molecule has 1 unspecified atom stereocenters. The molecule has 0 radical (unpaired) electrons. The number of nitrogens with zero attached hydrogens (tertiary/aromatic N) is 3. The molecule has 0 saturated carbocycles. The summed E-state index contributed by atoms with van der Waals surface area (Å²) in [6, 6.07) is 0.193. The molecule has 1 fully saturated rings. The topological polar surface area (TPSA) is 90.5 Å². The van der Waals surface area contributed by atoms with Crippen LogP contribution >= 0.6 is 0 Å². The van der Waals surface area contributed by atoms with Crippen molar-refractivity contribution in [3.63, 3.8) is 0 Å². The lowest BCUT2D eigenvalue weighted by atomic mass is 10.1. The number of aliphatic hydroxyl groups is 1. The van der Waals surface area contributed by atoms with Crippen LogP contribution in [0.1, 0.15) is 6.42 Å². The highest BCUT2D eigenvalue weighted by atomic mass is 16.5. The average molecular weight is 213 g/mol. The van der Waals surface area contributed by atoms with Crippen LogP contribution < -0.4 is 25.9 Å². The number of nitrogens with one attached hydrogen (secondary N) is 2. The molecule has 1 aromatic heterocycles. The summed E-state index contributed by atoms with van der Waals surface area (Å²) in [6.45, 7) is 2.62. The fourth-order valence-corrected chi connectivity index (χ4v) is 1.78. The van der Waals surface area contributed by atoms with Crippen molar-refractivity contribution in [2.45, 2.75) is 12.5 Å². The van der Waals surface area contributed by atoms with Crippen LogP contribution in [0, 0.1) is 5.41 Å². The first kappa shape index (κ1) is 10.2. The summed E-state index contributed by atoms with van der Waals surface area (Å²) >= 11 is 0. The summed E-state index contributed by atoms with van der Waals surface area (Å²) in [6.07, 6.45) is 2.20. The highest BCUT2D eigenvalue weighted by Crippen LogP contribution is 2.00. The molecule has 2 heterocycles. The van der Waals surface area contributed by atoms with Crippen LogP contribution in [0.3, 0.4) is 0 Å². The molecule has 3 N–H and O–H groups in total. The number of aromatic nitrogens is 2. The fraction of sp³-hybridized carbons (Fsp3) is 0.750. The van der Waals surface area contributed by atoms with Gasteiger partial charge in [0.05, 0.1) is 0 Å². The molecule has 84 valence electrons. The van der Waals surface area contributed by atoms with E-state index in [2.05, 4.69) is 10.6 Å². The van der Waals surface area contributed by atoms with Crippen LogP contribution in [-0.2, 0) is 0 Å². The van der Waals surface area contributed by atoms with E-state index in [1.807, 2.05) is 5.01 Å². The molecule has 7 heteroatoms. The lowest BCUT2D eigenvalue weighted by molar-refractivity contribution is -0.767. The lowest BCUT2D eigenvalue weighted by Crippen LogP contribution is -2.70. The Kier molecular flexibility index (Phi) is 3.02. The normalized spacial score (nSPS) is 21.9. The van der Waals surface area contributed by atoms with Gasteiger partial charge in [-0.25, -0.2) is 0 Å². The molecular formula is C8H15N5O2. The predicted octanol–water partition coefficient (Wildman–Crippen LogP) is -2.70. The SMILES string of the molecule is N=c1c[n+](N2CCNCC2CCO)[n-]o1. The van der Waals surface area contributed by atoms with Gasteiger partial charge in [0.25, 0.3) is 11.8 Å². The zero-order valence-corrected chi connectivity index (χ0v) is 8.39. The van der Waals surface area contributed by atoms with E-state index in [9.17, 15) is 0 Å². The minimum atomic E-state index is 0.0382. The third kappa shape index (κ3) is 2.18. The molecule has 0 bridgehead atoms. The van der Waals surface area contributed by atoms with Gasteiger partial charge in [-0.1, -0.05) is 4.79 Å². The number of piperazine rings is 1. The largest absolute Gasteiger partial charge is 0.396 e. The number of rotatable bonds is 3. The second-order valence-electron chi connectivity index (χ2n) is 3.52. The van der Waals surface area contributed by atoms with Gasteiger partial charge in [-0.2, -0.15) is 0 Å². The maximum Gasteiger partial charge on any atom is 0.286 e. The predicted molar refractivity (Wildman–Crippen MR) is 49.5 cm³/mol. The molecule has 0 spiro atoms. The molecule has 0 amide bonds. The first-order valence-electron chi connectivity index (χ1n) is 5.00. The summed E-state index contributed by atoms with van der Waals surface area (Å²) in [7, 11) is 0. The molecule has 1 saturated heterocycles. The Labute approximate surface area is 86.7 Å². The van der Waals surface area contributed by atoms with Crippen LogP contribution in [0.25, 0.3) is 0 Å². The van der Waals surface area contributed by atoms with Gasteiger partial charge >= 0.3 is 0 Å². The highest BCUT2D eigenvalue weighted by molar-refractivity contribution is 4.89. The molecule has 1 atom stereocenters. The second-order valence-corrected chi connectivity index (χ2v) is 3.52. The molecule has 15 heavy (non-hydrogen) atoms. The van der Waals surface area contributed by atoms with E-state index in [0.29, 0.717) is 6.42 Å². The van der Waals surface area contributed by atoms with Crippen LogP contribution in [0.4, 0.5) is 0 Å². The summed E-state index contributed by atoms with van der Waals surface area (Å²) < 4.78 is 4.70. The average Bonchev–Trinajstić information content (AvgIpc) is 2.66. The third-order valence-corrected chi connectivity index (χ3v) is 2.50. The van der Waals surface area contributed by atoms with Gasteiger partial charge in [-0.3, -0.25) is 10.4 Å². The van der Waals surface area contributed by atoms with Gasteiger partial charge in [0.1, 0.15) is 0 Å².